The minimum Gasteiger partial charge on any atom is -0.352 e. The third-order valence-corrected chi connectivity index (χ3v) is 7.72. The molecule has 0 radical (unpaired) electrons. The zero-order chi connectivity index (χ0) is 22.7. The molecule has 0 bridgehead atoms. The molecule has 1 aromatic heterocycles. The number of amides is 1. The summed E-state index contributed by atoms with van der Waals surface area (Å²) < 4.78 is 27.9. The average Bonchev–Trinajstić information content (AvgIpc) is 2.78. The Morgan fingerprint density at radius 1 is 1.16 bits per heavy atom. The van der Waals surface area contributed by atoms with Crippen LogP contribution in [0.1, 0.15) is 35.7 Å². The number of rotatable bonds is 6. The number of pyridine rings is 1. The lowest BCUT2D eigenvalue weighted by atomic mass is 10.0. The Balaban J connectivity index is 1.62. The number of aromatic amines is 1. The van der Waals surface area contributed by atoms with Crippen LogP contribution in [0.4, 0.5) is 0 Å². The highest BCUT2D eigenvalue weighted by Gasteiger charge is 2.29. The predicted octanol–water partition coefficient (Wildman–Crippen LogP) is 2.92. The zero-order valence-electron chi connectivity index (χ0n) is 18.0. The summed E-state index contributed by atoms with van der Waals surface area (Å²) in [5, 5.41) is 3.25. The first-order chi connectivity index (χ1) is 15.3. The first-order valence-corrected chi connectivity index (χ1v) is 12.3. The number of benzene rings is 2. The van der Waals surface area contributed by atoms with Crippen LogP contribution in [0.15, 0.2) is 64.3 Å². The number of nitrogens with zero attached hydrogens (tertiary/aromatic N) is 1. The molecule has 0 saturated carbocycles. The lowest BCUT2D eigenvalue weighted by Crippen LogP contribution is -2.39. The van der Waals surface area contributed by atoms with E-state index < -0.39 is 21.5 Å². The van der Waals surface area contributed by atoms with Crippen LogP contribution in [0.3, 0.4) is 0 Å². The van der Waals surface area contributed by atoms with Crippen molar-refractivity contribution in [2.24, 2.45) is 5.92 Å². The molecule has 8 heteroatoms. The molecule has 2 aromatic carbocycles. The van der Waals surface area contributed by atoms with E-state index in [1.165, 1.54) is 22.5 Å². The van der Waals surface area contributed by atoms with Crippen molar-refractivity contribution in [2.45, 2.75) is 31.1 Å². The van der Waals surface area contributed by atoms with E-state index in [-0.39, 0.29) is 10.5 Å². The van der Waals surface area contributed by atoms with Crippen molar-refractivity contribution in [3.8, 4) is 0 Å². The van der Waals surface area contributed by atoms with E-state index in [0.717, 1.165) is 18.4 Å². The van der Waals surface area contributed by atoms with Crippen molar-refractivity contribution in [1.29, 1.82) is 0 Å². The van der Waals surface area contributed by atoms with Gasteiger partial charge in [0.05, 0.1) is 10.5 Å². The minimum atomic E-state index is -3.68. The number of piperidine rings is 1. The van der Waals surface area contributed by atoms with Crippen LogP contribution >= 0.6 is 0 Å². The van der Waals surface area contributed by atoms with Crippen molar-refractivity contribution < 1.29 is 13.2 Å². The fourth-order valence-electron chi connectivity index (χ4n) is 4.16. The van der Waals surface area contributed by atoms with Gasteiger partial charge < -0.3 is 10.3 Å². The van der Waals surface area contributed by atoms with Gasteiger partial charge in [-0.2, -0.15) is 4.31 Å². The molecule has 2 N–H and O–H groups in total. The van der Waals surface area contributed by atoms with Gasteiger partial charge >= 0.3 is 0 Å². The van der Waals surface area contributed by atoms with Crippen molar-refractivity contribution in [3.63, 3.8) is 0 Å². The van der Waals surface area contributed by atoms with Gasteiger partial charge in [0.2, 0.25) is 15.6 Å². The van der Waals surface area contributed by atoms with Gasteiger partial charge in [-0.25, -0.2) is 8.42 Å². The second kappa shape index (κ2) is 9.26. The van der Waals surface area contributed by atoms with Crippen LogP contribution in [-0.4, -0.2) is 43.2 Å². The fourth-order valence-corrected chi connectivity index (χ4v) is 5.78. The first-order valence-electron chi connectivity index (χ1n) is 10.8. The molecule has 7 nitrogen and oxygen atoms in total. The van der Waals surface area contributed by atoms with Crippen LogP contribution in [0.25, 0.3) is 10.9 Å². The van der Waals surface area contributed by atoms with E-state index in [4.69, 9.17) is 0 Å². The fraction of sp³-hybridized carbons (Fsp3) is 0.333. The Bertz CT molecular complexity index is 1290. The van der Waals surface area contributed by atoms with Crippen LogP contribution in [-0.2, 0) is 16.4 Å². The largest absolute Gasteiger partial charge is 0.352 e. The SMILES string of the molecule is C[C@H]1CCCN(S(=O)(=O)c2ccc3[nH]c(=O)cc(C(=O)NCCc4ccccc4)c3c2)C1. The highest BCUT2D eigenvalue weighted by Crippen LogP contribution is 2.26. The average molecular weight is 454 g/mol. The Morgan fingerprint density at radius 2 is 1.94 bits per heavy atom. The van der Waals surface area contributed by atoms with Crippen molar-refractivity contribution in [1.82, 2.24) is 14.6 Å². The number of H-pyrrole nitrogens is 1. The van der Waals surface area contributed by atoms with Crippen LogP contribution in [0, 0.1) is 5.92 Å². The number of carbonyl (C=O) groups excluding carboxylic acids is 1. The smallest absolute Gasteiger partial charge is 0.252 e. The Morgan fingerprint density at radius 3 is 2.69 bits per heavy atom. The molecule has 168 valence electrons. The second-order valence-corrected chi connectivity index (χ2v) is 10.3. The standard InChI is InChI=1S/C24H27N3O4S/c1-17-6-5-13-27(16-17)32(30,31)19-9-10-22-20(14-19)21(15-23(28)26-22)24(29)25-12-11-18-7-3-2-4-8-18/h2-4,7-10,14-15,17H,5-6,11-13,16H2,1H3,(H,25,29)(H,26,28)/t17-/m0/s1. The van der Waals surface area contributed by atoms with Gasteiger partial charge in [-0.1, -0.05) is 37.3 Å². The number of nitrogens with one attached hydrogen (secondary N) is 2. The van der Waals surface area contributed by atoms with Crippen molar-refractivity contribution in [2.75, 3.05) is 19.6 Å². The number of carbonyl (C=O) groups is 1. The highest BCUT2D eigenvalue weighted by atomic mass is 32.2. The minimum absolute atomic E-state index is 0.129. The lowest BCUT2D eigenvalue weighted by Gasteiger charge is -2.30. The third kappa shape index (κ3) is 4.76. The van der Waals surface area contributed by atoms with Gasteiger partial charge in [-0.15, -0.1) is 0 Å². The van der Waals surface area contributed by atoms with Gasteiger partial charge in [-0.05, 0) is 48.9 Å². The maximum Gasteiger partial charge on any atom is 0.252 e. The van der Waals surface area contributed by atoms with Crippen LogP contribution in [0.5, 0.6) is 0 Å². The first kappa shape index (κ1) is 22.2. The Labute approximate surface area is 187 Å². The topological polar surface area (TPSA) is 99.3 Å². The maximum absolute atomic E-state index is 13.2. The monoisotopic (exact) mass is 453 g/mol. The normalized spacial score (nSPS) is 17.3. The highest BCUT2D eigenvalue weighted by molar-refractivity contribution is 7.89. The van der Waals surface area contributed by atoms with E-state index in [9.17, 15) is 18.0 Å². The van der Waals surface area contributed by atoms with Gasteiger partial charge in [0, 0.05) is 36.6 Å². The molecule has 1 fully saturated rings. The molecule has 0 unspecified atom stereocenters. The van der Waals surface area contributed by atoms with Gasteiger partial charge in [-0.3, -0.25) is 9.59 Å². The number of hydrogen-bond acceptors (Lipinski definition) is 4. The molecule has 0 spiro atoms. The second-order valence-electron chi connectivity index (χ2n) is 8.36. The third-order valence-electron chi connectivity index (χ3n) is 5.86. The van der Waals surface area contributed by atoms with E-state index >= 15 is 0 Å². The number of hydrogen-bond donors (Lipinski definition) is 2. The van der Waals surface area contributed by atoms with Crippen LogP contribution < -0.4 is 10.9 Å². The van der Waals surface area contributed by atoms with Crippen LogP contribution in [0.2, 0.25) is 0 Å². The molecule has 0 aliphatic carbocycles. The zero-order valence-corrected chi connectivity index (χ0v) is 18.8. The number of aromatic nitrogens is 1. The molecule has 3 aromatic rings. The summed E-state index contributed by atoms with van der Waals surface area (Å²) >= 11 is 0. The predicted molar refractivity (Wildman–Crippen MR) is 124 cm³/mol. The summed E-state index contributed by atoms with van der Waals surface area (Å²) in [5.41, 5.74) is 1.27. The van der Waals surface area contributed by atoms with Gasteiger partial charge in [0.1, 0.15) is 0 Å². The summed E-state index contributed by atoms with van der Waals surface area (Å²) in [6.07, 6.45) is 2.50. The summed E-state index contributed by atoms with van der Waals surface area (Å²) in [5.74, 6) is -0.0977. The molecule has 32 heavy (non-hydrogen) atoms. The molecule has 4 rings (SSSR count). The molecule has 1 saturated heterocycles. The number of fused-ring (bicyclic) bond motifs is 1. The van der Waals surface area contributed by atoms with Crippen molar-refractivity contribution >= 4 is 26.8 Å². The maximum atomic E-state index is 13.2. The summed E-state index contributed by atoms with van der Waals surface area (Å²) in [7, 11) is -3.68. The molecule has 1 amide bonds. The lowest BCUT2D eigenvalue weighted by molar-refractivity contribution is 0.0955. The number of sulfonamides is 1. The molecular formula is C24H27N3O4S. The summed E-state index contributed by atoms with van der Waals surface area (Å²) in [6, 6.07) is 15.5. The molecular weight excluding hydrogens is 426 g/mol. The quantitative estimate of drug-likeness (QED) is 0.599. The van der Waals surface area contributed by atoms with E-state index in [0.29, 0.717) is 42.9 Å². The molecule has 1 aliphatic rings. The van der Waals surface area contributed by atoms with Crippen molar-refractivity contribution in [3.05, 3.63) is 76.1 Å². The Kier molecular flexibility index (Phi) is 6.43. The summed E-state index contributed by atoms with van der Waals surface area (Å²) in [4.78, 5) is 27.8. The van der Waals surface area contributed by atoms with E-state index in [2.05, 4.69) is 10.3 Å². The van der Waals surface area contributed by atoms with E-state index in [1.54, 1.807) is 6.07 Å². The van der Waals surface area contributed by atoms with E-state index in [1.807, 2.05) is 37.3 Å². The molecule has 2 heterocycles. The molecule has 1 atom stereocenters. The van der Waals surface area contributed by atoms with Gasteiger partial charge in [0.15, 0.2) is 0 Å². The van der Waals surface area contributed by atoms with Gasteiger partial charge in [0.25, 0.3) is 5.91 Å². The summed E-state index contributed by atoms with van der Waals surface area (Å²) in [6.45, 7) is 3.42. The Hall–Kier alpha value is -2.97. The molecule has 1 aliphatic heterocycles.